The van der Waals surface area contributed by atoms with Crippen molar-refractivity contribution < 1.29 is 27.1 Å². The number of anilines is 1. The Bertz CT molecular complexity index is 1700. The van der Waals surface area contributed by atoms with Crippen LogP contribution < -0.4 is 9.64 Å². The van der Waals surface area contributed by atoms with Crippen molar-refractivity contribution in [3.05, 3.63) is 54.8 Å². The number of likely N-dealkylation sites (tertiary alicyclic amines) is 1. The minimum atomic E-state index is -3.56. The molecular formula is C37H53FN8O5S. The highest BCUT2D eigenvalue weighted by Crippen LogP contribution is 2.45. The van der Waals surface area contributed by atoms with E-state index < -0.39 is 16.0 Å². The predicted octanol–water partition coefficient (Wildman–Crippen LogP) is 3.86. The Labute approximate surface area is 307 Å². The van der Waals surface area contributed by atoms with E-state index in [0.717, 1.165) is 58.4 Å². The maximum atomic E-state index is 14.3. The molecule has 52 heavy (non-hydrogen) atoms. The smallest absolute Gasteiger partial charge is 0.282 e. The molecular weight excluding hydrogens is 688 g/mol. The molecule has 284 valence electrons. The number of piperidine rings is 2. The van der Waals surface area contributed by atoms with Gasteiger partial charge in [-0.3, -0.25) is 9.59 Å². The number of halogens is 1. The van der Waals surface area contributed by atoms with Gasteiger partial charge in [0.15, 0.2) is 11.6 Å². The Morgan fingerprint density at radius 3 is 2.42 bits per heavy atom. The van der Waals surface area contributed by atoms with Crippen LogP contribution >= 0.6 is 0 Å². The third kappa shape index (κ3) is 8.27. The molecule has 1 spiro atoms. The Hall–Kier alpha value is -3.66. The van der Waals surface area contributed by atoms with Crippen molar-refractivity contribution in [2.75, 3.05) is 83.4 Å². The minimum absolute atomic E-state index is 0.0512. The molecule has 1 aromatic heterocycles. The predicted molar refractivity (Wildman–Crippen MR) is 197 cm³/mol. The summed E-state index contributed by atoms with van der Waals surface area (Å²) in [7, 11) is -3.56. The highest BCUT2D eigenvalue weighted by molar-refractivity contribution is 7.86. The maximum Gasteiger partial charge on any atom is 0.282 e. The van der Waals surface area contributed by atoms with Gasteiger partial charge in [0, 0.05) is 76.9 Å². The third-order valence-electron chi connectivity index (χ3n) is 11.2. The van der Waals surface area contributed by atoms with Crippen molar-refractivity contribution in [2.45, 2.75) is 58.9 Å². The van der Waals surface area contributed by atoms with E-state index in [9.17, 15) is 22.4 Å². The molecule has 0 radical (unpaired) electrons. The second-order valence-electron chi connectivity index (χ2n) is 14.9. The van der Waals surface area contributed by atoms with E-state index in [1.54, 1.807) is 24.6 Å². The molecule has 4 aliphatic heterocycles. The van der Waals surface area contributed by atoms with Gasteiger partial charge in [0.1, 0.15) is 17.9 Å². The van der Waals surface area contributed by atoms with Crippen LogP contribution in [0.25, 0.3) is 0 Å². The molecule has 0 aliphatic carbocycles. The third-order valence-corrected chi connectivity index (χ3v) is 13.3. The normalized spacial score (nSPS) is 20.8. The molecule has 13 nitrogen and oxygen atoms in total. The molecule has 0 N–H and O–H groups in total. The lowest BCUT2D eigenvalue weighted by Gasteiger charge is -2.54. The van der Waals surface area contributed by atoms with E-state index in [4.69, 9.17) is 4.74 Å². The van der Waals surface area contributed by atoms with Gasteiger partial charge in [0.2, 0.25) is 5.91 Å². The zero-order valence-electron chi connectivity index (χ0n) is 30.8. The molecule has 4 fully saturated rings. The Balaban J connectivity index is 0.987. The lowest BCUT2D eigenvalue weighted by atomic mass is 9.72. The van der Waals surface area contributed by atoms with Crippen molar-refractivity contribution in [1.82, 2.24) is 33.3 Å². The molecule has 0 bridgehead atoms. The van der Waals surface area contributed by atoms with Gasteiger partial charge in [0.05, 0.1) is 11.8 Å². The lowest BCUT2D eigenvalue weighted by molar-refractivity contribution is -0.125. The second-order valence-corrected chi connectivity index (χ2v) is 16.9. The molecule has 4 aliphatic rings. The Kier molecular flexibility index (Phi) is 11.8. The molecule has 2 amide bonds. The fourth-order valence-electron chi connectivity index (χ4n) is 8.16. The molecule has 5 heterocycles. The maximum absolute atomic E-state index is 14.3. The Morgan fingerprint density at radius 2 is 1.75 bits per heavy atom. The van der Waals surface area contributed by atoms with Crippen LogP contribution in [0.1, 0.15) is 63.2 Å². The highest BCUT2D eigenvalue weighted by Gasteiger charge is 2.46. The van der Waals surface area contributed by atoms with Crippen LogP contribution in [-0.2, 0) is 15.0 Å². The topological polar surface area (TPSA) is 123 Å². The van der Waals surface area contributed by atoms with Gasteiger partial charge in [-0.05, 0) is 96.2 Å². The van der Waals surface area contributed by atoms with Crippen LogP contribution in [0.4, 0.5) is 10.2 Å². The van der Waals surface area contributed by atoms with Crippen molar-refractivity contribution in [1.29, 1.82) is 0 Å². The number of rotatable bonds is 11. The van der Waals surface area contributed by atoms with E-state index in [1.165, 1.54) is 30.6 Å². The monoisotopic (exact) mass is 740 g/mol. The summed E-state index contributed by atoms with van der Waals surface area (Å²) in [6.07, 6.45) is 8.81. The van der Waals surface area contributed by atoms with Gasteiger partial charge in [-0.2, -0.15) is 17.0 Å². The Morgan fingerprint density at radius 1 is 1.04 bits per heavy atom. The van der Waals surface area contributed by atoms with Gasteiger partial charge in [-0.1, -0.05) is 6.58 Å². The number of benzene rings is 1. The van der Waals surface area contributed by atoms with Crippen LogP contribution in [0.15, 0.2) is 43.4 Å². The first kappa shape index (κ1) is 38.1. The van der Waals surface area contributed by atoms with Gasteiger partial charge >= 0.3 is 0 Å². The average Bonchev–Trinajstić information content (AvgIpc) is 3.39. The summed E-state index contributed by atoms with van der Waals surface area (Å²) in [6, 6.07) is 3.95. The lowest BCUT2D eigenvalue weighted by Crippen LogP contribution is -2.61. The van der Waals surface area contributed by atoms with E-state index >= 15 is 0 Å². The fourth-order valence-corrected chi connectivity index (χ4v) is 9.83. The molecule has 15 heteroatoms. The summed E-state index contributed by atoms with van der Waals surface area (Å²) < 4.78 is 50.7. The summed E-state index contributed by atoms with van der Waals surface area (Å²) in [5.41, 5.74) is 0.350. The number of carbonyl (C=O) groups excluding carboxylic acids is 2. The average molecular weight is 741 g/mol. The molecule has 0 atom stereocenters. The molecule has 0 saturated carbocycles. The summed E-state index contributed by atoms with van der Waals surface area (Å²) >= 11 is 0. The van der Waals surface area contributed by atoms with Crippen LogP contribution in [0.2, 0.25) is 0 Å². The van der Waals surface area contributed by atoms with Crippen LogP contribution in [0.5, 0.6) is 11.5 Å². The zero-order chi connectivity index (χ0) is 37.0. The molecule has 4 saturated heterocycles. The minimum Gasteiger partial charge on any atom is -0.451 e. The molecule has 2 aromatic rings. The fraction of sp³-hybridized carbons (Fsp3) is 0.622. The van der Waals surface area contributed by atoms with E-state index in [2.05, 4.69) is 26.3 Å². The largest absolute Gasteiger partial charge is 0.451 e. The number of aromatic nitrogens is 2. The second kappa shape index (κ2) is 16.1. The highest BCUT2D eigenvalue weighted by atomic mass is 32.2. The number of nitrogens with zero attached hydrogens (tertiary/aromatic N) is 8. The van der Waals surface area contributed by atoms with Gasteiger partial charge < -0.3 is 24.3 Å². The number of hydrogen-bond donors (Lipinski definition) is 0. The van der Waals surface area contributed by atoms with Gasteiger partial charge in [-0.25, -0.2) is 14.4 Å². The quantitative estimate of drug-likeness (QED) is 0.316. The molecule has 1 aromatic carbocycles. The first-order valence-electron chi connectivity index (χ1n) is 18.7. The summed E-state index contributed by atoms with van der Waals surface area (Å²) in [5.74, 6) is 0.860. The number of ether oxygens (including phenoxy) is 1. The van der Waals surface area contributed by atoms with Crippen LogP contribution in [0.3, 0.4) is 0 Å². The van der Waals surface area contributed by atoms with Crippen LogP contribution in [-0.4, -0.2) is 138 Å². The molecule has 0 unspecified atom stereocenters. The van der Waals surface area contributed by atoms with E-state index in [0.29, 0.717) is 69.7 Å². The van der Waals surface area contributed by atoms with Crippen molar-refractivity contribution >= 4 is 27.8 Å². The van der Waals surface area contributed by atoms with Crippen molar-refractivity contribution in [3.63, 3.8) is 0 Å². The number of carbonyl (C=O) groups is 2. The van der Waals surface area contributed by atoms with Gasteiger partial charge in [-0.15, -0.1) is 0 Å². The summed E-state index contributed by atoms with van der Waals surface area (Å²) in [5, 5.41) is 0. The zero-order valence-corrected chi connectivity index (χ0v) is 31.6. The van der Waals surface area contributed by atoms with Crippen LogP contribution in [0, 0.1) is 17.2 Å². The first-order chi connectivity index (χ1) is 24.9. The van der Waals surface area contributed by atoms with E-state index in [1.807, 2.05) is 20.8 Å². The molecule has 6 rings (SSSR count). The number of amides is 2. The number of hydrogen-bond acceptors (Lipinski definition) is 9. The van der Waals surface area contributed by atoms with E-state index in [-0.39, 0.29) is 34.6 Å². The first-order valence-corrected chi connectivity index (χ1v) is 20.0. The summed E-state index contributed by atoms with van der Waals surface area (Å²) in [6.45, 7) is 17.2. The van der Waals surface area contributed by atoms with Crippen molar-refractivity contribution in [3.8, 4) is 11.5 Å². The standard InChI is InChI=1S/C37H53FN8O5S/c1-5-34(47)42-14-7-15-44(21-20-42)52(49,50)45-16-10-29(11-17-45)24-41-18-12-37(13-19-41)25-43(26-37)35-33(23-39-27-40-35)51-32-9-8-30(38)22-31(32)36(48)46(6-2)28(3)4/h5,8-9,22-23,27-29H,1,6-7,10-21,24-26H2,2-4H3. The van der Waals surface area contributed by atoms with Gasteiger partial charge in [0.25, 0.3) is 16.1 Å². The summed E-state index contributed by atoms with van der Waals surface area (Å²) in [4.78, 5) is 42.2. The SMILES string of the molecule is C=CC(=O)N1CCCN(S(=O)(=O)N2CCC(CN3CCC4(CC3)CN(c3ncncc3Oc3ccc(F)cc3C(=O)N(CC)C(C)C)C4)CC2)CC1. The van der Waals surface area contributed by atoms with Crippen molar-refractivity contribution in [2.24, 2.45) is 11.3 Å².